The molecule has 0 aliphatic heterocycles. The summed E-state index contributed by atoms with van der Waals surface area (Å²) in [5, 5.41) is 13.5. The van der Waals surface area contributed by atoms with Gasteiger partial charge in [-0.15, -0.1) is 0 Å². The molecule has 4 nitrogen and oxygen atoms in total. The molecule has 0 unspecified atom stereocenters. The summed E-state index contributed by atoms with van der Waals surface area (Å²) in [6.07, 6.45) is 6.08. The van der Waals surface area contributed by atoms with Gasteiger partial charge in [-0.25, -0.2) is 4.68 Å². The van der Waals surface area contributed by atoms with Gasteiger partial charge in [0.15, 0.2) is 0 Å². The molecule has 1 aromatic heterocycles. The smallest absolute Gasteiger partial charge is 0.329 e. The molecule has 6 heteroatoms. The van der Waals surface area contributed by atoms with Crippen molar-refractivity contribution in [1.82, 2.24) is 9.78 Å². The van der Waals surface area contributed by atoms with E-state index in [0.29, 0.717) is 11.6 Å². The van der Waals surface area contributed by atoms with Gasteiger partial charge in [0.25, 0.3) is 0 Å². The lowest BCUT2D eigenvalue weighted by Gasteiger charge is -2.13. The first-order chi connectivity index (χ1) is 8.78. The van der Waals surface area contributed by atoms with E-state index < -0.39 is 0 Å². The quantitative estimate of drug-likeness (QED) is 0.869. The molecule has 0 spiro atoms. The Morgan fingerprint density at radius 1 is 1.44 bits per heavy atom. The minimum atomic E-state index is 0.329. The lowest BCUT2D eigenvalue weighted by Crippen LogP contribution is -2.21. The average Bonchev–Trinajstić information content (AvgIpc) is 3.03. The van der Waals surface area contributed by atoms with Gasteiger partial charge in [0, 0.05) is 18.5 Å². The van der Waals surface area contributed by atoms with E-state index in [9.17, 15) is 5.02 Å². The number of nitrogens with zero attached hydrogens (tertiary/aromatic N) is 2. The highest BCUT2D eigenvalue weighted by Crippen LogP contribution is 2.32. The van der Waals surface area contributed by atoms with Crippen LogP contribution in [0.1, 0.15) is 12.8 Å². The van der Waals surface area contributed by atoms with Crippen molar-refractivity contribution in [1.29, 1.82) is 0 Å². The van der Waals surface area contributed by atoms with Gasteiger partial charge in [-0.05, 0) is 46.4 Å². The van der Waals surface area contributed by atoms with Gasteiger partial charge < -0.3 is 9.76 Å². The Bertz CT molecular complexity index is 555. The molecule has 0 saturated heterocycles. The van der Waals surface area contributed by atoms with Crippen LogP contribution in [0.3, 0.4) is 0 Å². The maximum atomic E-state index is 9.30. The fourth-order valence-electron chi connectivity index (χ4n) is 1.73. The van der Waals surface area contributed by atoms with E-state index in [0.717, 1.165) is 36.2 Å². The number of benzene rings is 1. The van der Waals surface area contributed by atoms with Gasteiger partial charge in [0.1, 0.15) is 5.75 Å². The normalized spacial score (nSPS) is 14.6. The lowest BCUT2D eigenvalue weighted by atomic mass is 9.87. The highest BCUT2D eigenvalue weighted by atomic mass is 79.9. The van der Waals surface area contributed by atoms with Crippen molar-refractivity contribution in [3.8, 4) is 11.4 Å². The molecule has 1 aromatic carbocycles. The van der Waals surface area contributed by atoms with Crippen LogP contribution in [0.15, 0.2) is 35.1 Å². The lowest BCUT2D eigenvalue weighted by molar-refractivity contribution is 0.301. The first kappa shape index (κ1) is 11.8. The van der Waals surface area contributed by atoms with Crippen molar-refractivity contribution in [2.24, 2.45) is 0 Å². The van der Waals surface area contributed by atoms with Crippen LogP contribution >= 0.6 is 15.9 Å². The largest absolute Gasteiger partial charge is 0.489 e. The molecule has 1 aliphatic rings. The molecule has 1 saturated carbocycles. The Morgan fingerprint density at radius 3 is 2.89 bits per heavy atom. The molecular formula is C12H11BBrN2O2. The third kappa shape index (κ3) is 2.30. The Balaban J connectivity index is 2.04. The summed E-state index contributed by atoms with van der Waals surface area (Å²) < 4.78 is 8.35. The summed E-state index contributed by atoms with van der Waals surface area (Å²) >= 11 is 3.46. The minimum absolute atomic E-state index is 0.329. The monoisotopic (exact) mass is 305 g/mol. The third-order valence-electron chi connectivity index (χ3n) is 2.79. The standard InChI is InChI=1S/C12H11BBrN2O2/c14-10-6-9(13-17)11(16-5-1-4-15-16)7-12(10)18-8-2-3-8/h1,4-8,17H,2-3H2. The average molecular weight is 306 g/mol. The summed E-state index contributed by atoms with van der Waals surface area (Å²) in [4.78, 5) is 0. The van der Waals surface area contributed by atoms with Crippen LogP contribution in [0, 0.1) is 0 Å². The second-order valence-electron chi connectivity index (χ2n) is 4.24. The Labute approximate surface area is 114 Å². The number of ether oxygens (including phenoxy) is 1. The molecular weight excluding hydrogens is 295 g/mol. The van der Waals surface area contributed by atoms with E-state index in [4.69, 9.17) is 4.74 Å². The SMILES string of the molecule is O[B]c1cc(Br)c(OC2CC2)cc1-n1cccn1. The zero-order valence-electron chi connectivity index (χ0n) is 9.58. The first-order valence-electron chi connectivity index (χ1n) is 5.75. The maximum Gasteiger partial charge on any atom is 0.329 e. The summed E-state index contributed by atoms with van der Waals surface area (Å²) in [7, 11) is 1.07. The summed E-state index contributed by atoms with van der Waals surface area (Å²) in [5.41, 5.74) is 1.48. The minimum Gasteiger partial charge on any atom is -0.489 e. The van der Waals surface area contributed by atoms with Crippen molar-refractivity contribution in [2.75, 3.05) is 0 Å². The van der Waals surface area contributed by atoms with Gasteiger partial charge in [0.2, 0.25) is 0 Å². The molecule has 1 radical (unpaired) electrons. The third-order valence-corrected chi connectivity index (χ3v) is 3.41. The van der Waals surface area contributed by atoms with Crippen LogP contribution in [0.2, 0.25) is 0 Å². The first-order valence-corrected chi connectivity index (χ1v) is 6.55. The molecule has 1 fully saturated rings. The van der Waals surface area contributed by atoms with E-state index in [2.05, 4.69) is 21.0 Å². The van der Waals surface area contributed by atoms with E-state index in [1.807, 2.05) is 24.4 Å². The van der Waals surface area contributed by atoms with Crippen molar-refractivity contribution >= 4 is 28.9 Å². The van der Waals surface area contributed by atoms with Gasteiger partial charge >= 0.3 is 7.48 Å². The molecule has 1 heterocycles. The van der Waals surface area contributed by atoms with Crippen LogP contribution in [0.5, 0.6) is 5.75 Å². The maximum absolute atomic E-state index is 9.30. The van der Waals surface area contributed by atoms with Crippen LogP contribution in [0.25, 0.3) is 5.69 Å². The van der Waals surface area contributed by atoms with E-state index in [-0.39, 0.29) is 0 Å². The van der Waals surface area contributed by atoms with Gasteiger partial charge in [-0.3, -0.25) is 0 Å². The second kappa shape index (κ2) is 4.78. The molecule has 91 valence electrons. The van der Waals surface area contributed by atoms with Gasteiger partial charge in [-0.2, -0.15) is 5.10 Å². The van der Waals surface area contributed by atoms with Gasteiger partial charge in [0.05, 0.1) is 16.3 Å². The van der Waals surface area contributed by atoms with Crippen molar-refractivity contribution in [2.45, 2.75) is 18.9 Å². The highest BCUT2D eigenvalue weighted by Gasteiger charge is 2.25. The molecule has 0 bridgehead atoms. The molecule has 1 aliphatic carbocycles. The Kier molecular flexibility index (Phi) is 3.13. The molecule has 0 amide bonds. The van der Waals surface area contributed by atoms with Crippen LogP contribution < -0.4 is 10.2 Å². The van der Waals surface area contributed by atoms with Crippen LogP contribution in [0.4, 0.5) is 0 Å². The number of hydrogen-bond acceptors (Lipinski definition) is 3. The zero-order valence-corrected chi connectivity index (χ0v) is 11.2. The summed E-state index contributed by atoms with van der Waals surface area (Å²) in [6.45, 7) is 0. The van der Waals surface area contributed by atoms with E-state index >= 15 is 0 Å². The molecule has 0 atom stereocenters. The number of hydrogen-bond donors (Lipinski definition) is 1. The number of halogens is 1. The van der Waals surface area contributed by atoms with Crippen molar-refractivity contribution in [3.05, 3.63) is 35.1 Å². The summed E-state index contributed by atoms with van der Waals surface area (Å²) in [6, 6.07) is 5.55. The molecule has 3 rings (SSSR count). The van der Waals surface area contributed by atoms with Crippen molar-refractivity contribution < 1.29 is 9.76 Å². The predicted octanol–water partition coefficient (Wildman–Crippen LogP) is 1.41. The molecule has 18 heavy (non-hydrogen) atoms. The van der Waals surface area contributed by atoms with Crippen LogP contribution in [-0.2, 0) is 0 Å². The molecule has 1 N–H and O–H groups in total. The van der Waals surface area contributed by atoms with Gasteiger partial charge in [-0.1, -0.05) is 0 Å². The van der Waals surface area contributed by atoms with E-state index in [1.165, 1.54) is 0 Å². The Morgan fingerprint density at radius 2 is 2.28 bits per heavy atom. The number of rotatable bonds is 4. The van der Waals surface area contributed by atoms with Crippen molar-refractivity contribution in [3.63, 3.8) is 0 Å². The fraction of sp³-hybridized carbons (Fsp3) is 0.250. The Hall–Kier alpha value is -1.27. The van der Waals surface area contributed by atoms with E-state index in [1.54, 1.807) is 10.9 Å². The summed E-state index contributed by atoms with van der Waals surface area (Å²) in [5.74, 6) is 0.786. The fourth-order valence-corrected chi connectivity index (χ4v) is 2.18. The molecule has 2 aromatic rings. The topological polar surface area (TPSA) is 47.3 Å². The predicted molar refractivity (Wildman–Crippen MR) is 72.5 cm³/mol. The van der Waals surface area contributed by atoms with Crippen LogP contribution in [-0.4, -0.2) is 28.4 Å². The zero-order chi connectivity index (χ0) is 12.5. The highest BCUT2D eigenvalue weighted by molar-refractivity contribution is 9.10. The second-order valence-corrected chi connectivity index (χ2v) is 5.09. The number of aromatic nitrogens is 2.